The molecule has 0 aliphatic carbocycles. The van der Waals surface area contributed by atoms with Crippen molar-refractivity contribution < 1.29 is 9.50 Å². The number of halogens is 3. The molecule has 19 heavy (non-hydrogen) atoms. The fraction of sp³-hybridized carbons (Fsp3) is 0.538. The quantitative estimate of drug-likeness (QED) is 0.855. The smallest absolute Gasteiger partial charge is 0.125 e. The van der Waals surface area contributed by atoms with E-state index in [2.05, 4.69) is 26.1 Å². The van der Waals surface area contributed by atoms with Gasteiger partial charge in [0.1, 0.15) is 5.82 Å². The summed E-state index contributed by atoms with van der Waals surface area (Å²) < 4.78 is 13.6. The third kappa shape index (κ3) is 4.31. The number of hydrogen-bond donors (Lipinski definition) is 2. The van der Waals surface area contributed by atoms with Crippen LogP contribution in [0.2, 0.25) is 5.02 Å². The van der Waals surface area contributed by atoms with Gasteiger partial charge in [-0.05, 0) is 54.0 Å². The number of hydrogen-bond acceptors (Lipinski definition) is 3. The molecule has 1 fully saturated rings. The molecule has 0 radical (unpaired) electrons. The average molecular weight is 352 g/mol. The monoisotopic (exact) mass is 350 g/mol. The van der Waals surface area contributed by atoms with Gasteiger partial charge in [-0.3, -0.25) is 0 Å². The number of aliphatic hydroxyl groups excluding tert-OH is 1. The Morgan fingerprint density at radius 3 is 2.74 bits per heavy atom. The maximum atomic E-state index is 13.1. The van der Waals surface area contributed by atoms with Gasteiger partial charge >= 0.3 is 0 Å². The molecule has 106 valence electrons. The van der Waals surface area contributed by atoms with Crippen molar-refractivity contribution in [3.05, 3.63) is 27.4 Å². The van der Waals surface area contributed by atoms with Crippen LogP contribution in [0, 0.1) is 5.82 Å². The molecule has 1 aromatic rings. The first-order chi connectivity index (χ1) is 9.06. The van der Waals surface area contributed by atoms with Crippen LogP contribution in [0.3, 0.4) is 0 Å². The first kappa shape index (κ1) is 15.0. The van der Waals surface area contributed by atoms with E-state index in [1.807, 2.05) is 0 Å². The van der Waals surface area contributed by atoms with Crippen molar-refractivity contribution in [2.45, 2.75) is 18.9 Å². The molecule has 0 amide bonds. The molecule has 0 bridgehead atoms. The highest BCUT2D eigenvalue weighted by Crippen LogP contribution is 2.31. The molecule has 0 aromatic heterocycles. The SMILES string of the molecule is OC(CNc1c(Cl)cc(F)cc1Br)CN1CCCC1. The molecule has 1 heterocycles. The Bertz CT molecular complexity index is 418. The van der Waals surface area contributed by atoms with Crippen LogP contribution < -0.4 is 5.32 Å². The molecule has 0 spiro atoms. The summed E-state index contributed by atoms with van der Waals surface area (Å²) in [6.07, 6.45) is 1.94. The van der Waals surface area contributed by atoms with E-state index in [0.29, 0.717) is 28.3 Å². The molecule has 1 unspecified atom stereocenters. The molecule has 2 rings (SSSR count). The molecule has 3 nitrogen and oxygen atoms in total. The molecular formula is C13H17BrClFN2O. The number of β-amino-alcohol motifs (C(OH)–C–C–N with tert-alkyl or cyclic N) is 1. The standard InChI is InChI=1S/C13H17BrClFN2O/c14-11-5-9(16)6-12(15)13(11)17-7-10(19)8-18-3-1-2-4-18/h5-6,10,17,19H,1-4,7-8H2. The van der Waals surface area contributed by atoms with Gasteiger partial charge in [-0.25, -0.2) is 4.39 Å². The van der Waals surface area contributed by atoms with E-state index in [-0.39, 0.29) is 5.82 Å². The summed E-state index contributed by atoms with van der Waals surface area (Å²) in [5, 5.41) is 13.3. The van der Waals surface area contributed by atoms with E-state index >= 15 is 0 Å². The van der Waals surface area contributed by atoms with Gasteiger partial charge in [-0.2, -0.15) is 0 Å². The number of anilines is 1. The molecular weight excluding hydrogens is 335 g/mol. The number of aliphatic hydroxyl groups is 1. The Morgan fingerprint density at radius 2 is 2.11 bits per heavy atom. The predicted octanol–water partition coefficient (Wildman–Crippen LogP) is 3.11. The summed E-state index contributed by atoms with van der Waals surface area (Å²) in [4.78, 5) is 2.24. The largest absolute Gasteiger partial charge is 0.390 e. The fourth-order valence-electron chi connectivity index (χ4n) is 2.26. The summed E-state index contributed by atoms with van der Waals surface area (Å²) >= 11 is 9.22. The fourth-order valence-corrected chi connectivity index (χ4v) is 3.22. The molecule has 6 heteroatoms. The predicted molar refractivity (Wildman–Crippen MR) is 79.3 cm³/mol. The van der Waals surface area contributed by atoms with Crippen LogP contribution in [0.4, 0.5) is 10.1 Å². The van der Waals surface area contributed by atoms with E-state index < -0.39 is 6.10 Å². The second kappa shape index (κ2) is 6.88. The second-order valence-electron chi connectivity index (χ2n) is 4.79. The van der Waals surface area contributed by atoms with E-state index in [1.54, 1.807) is 0 Å². The normalized spacial score (nSPS) is 17.7. The van der Waals surface area contributed by atoms with Crippen molar-refractivity contribution >= 4 is 33.2 Å². The molecule has 2 N–H and O–H groups in total. The number of rotatable bonds is 5. The highest BCUT2D eigenvalue weighted by Gasteiger charge is 2.16. The minimum atomic E-state index is -0.467. The number of benzene rings is 1. The zero-order chi connectivity index (χ0) is 13.8. The molecule has 0 saturated carbocycles. The van der Waals surface area contributed by atoms with E-state index in [0.717, 1.165) is 13.1 Å². The van der Waals surface area contributed by atoms with Gasteiger partial charge in [0.25, 0.3) is 0 Å². The van der Waals surface area contributed by atoms with Crippen molar-refractivity contribution in [3.8, 4) is 0 Å². The first-order valence-electron chi connectivity index (χ1n) is 6.35. The Kier molecular flexibility index (Phi) is 5.45. The molecule has 1 aromatic carbocycles. The maximum absolute atomic E-state index is 13.1. The lowest BCUT2D eigenvalue weighted by molar-refractivity contribution is 0.135. The zero-order valence-electron chi connectivity index (χ0n) is 10.5. The van der Waals surface area contributed by atoms with Crippen LogP contribution in [0.1, 0.15) is 12.8 Å². The third-order valence-electron chi connectivity index (χ3n) is 3.19. The lowest BCUT2D eigenvalue weighted by atomic mass is 10.2. The van der Waals surface area contributed by atoms with Crippen LogP contribution in [0.25, 0.3) is 0 Å². The summed E-state index contributed by atoms with van der Waals surface area (Å²) in [6.45, 7) is 3.15. The minimum Gasteiger partial charge on any atom is -0.390 e. The highest BCUT2D eigenvalue weighted by atomic mass is 79.9. The number of nitrogens with one attached hydrogen (secondary N) is 1. The Labute approximate surface area is 125 Å². The third-order valence-corrected chi connectivity index (χ3v) is 4.11. The first-order valence-corrected chi connectivity index (χ1v) is 7.52. The topological polar surface area (TPSA) is 35.5 Å². The minimum absolute atomic E-state index is 0.306. The van der Waals surface area contributed by atoms with Crippen LogP contribution >= 0.6 is 27.5 Å². The maximum Gasteiger partial charge on any atom is 0.125 e. The lowest BCUT2D eigenvalue weighted by Crippen LogP contribution is -2.34. The summed E-state index contributed by atoms with van der Waals surface area (Å²) in [5.74, 6) is -0.389. The van der Waals surface area contributed by atoms with Gasteiger partial charge in [-0.1, -0.05) is 11.6 Å². The molecule has 1 saturated heterocycles. The van der Waals surface area contributed by atoms with Crippen LogP contribution in [0.5, 0.6) is 0 Å². The van der Waals surface area contributed by atoms with Crippen molar-refractivity contribution in [2.75, 3.05) is 31.5 Å². The van der Waals surface area contributed by atoms with Crippen molar-refractivity contribution in [1.29, 1.82) is 0 Å². The van der Waals surface area contributed by atoms with Crippen molar-refractivity contribution in [2.24, 2.45) is 0 Å². The Balaban J connectivity index is 1.87. The van der Waals surface area contributed by atoms with Gasteiger partial charge in [-0.15, -0.1) is 0 Å². The van der Waals surface area contributed by atoms with E-state index in [1.165, 1.54) is 25.0 Å². The zero-order valence-corrected chi connectivity index (χ0v) is 12.8. The summed E-state index contributed by atoms with van der Waals surface area (Å²) in [6, 6.07) is 2.60. The average Bonchev–Trinajstić information content (AvgIpc) is 2.80. The number of likely N-dealkylation sites (tertiary alicyclic amines) is 1. The van der Waals surface area contributed by atoms with Gasteiger partial charge in [0.15, 0.2) is 0 Å². The molecule has 1 aliphatic heterocycles. The van der Waals surface area contributed by atoms with Crippen molar-refractivity contribution in [1.82, 2.24) is 4.90 Å². The summed E-state index contributed by atoms with van der Waals surface area (Å²) in [5.41, 5.74) is 0.614. The van der Waals surface area contributed by atoms with E-state index in [4.69, 9.17) is 11.6 Å². The Hall–Kier alpha value is -0.360. The molecule has 1 atom stereocenters. The number of nitrogens with zero attached hydrogens (tertiary/aromatic N) is 1. The van der Waals surface area contributed by atoms with Crippen LogP contribution in [-0.2, 0) is 0 Å². The Morgan fingerprint density at radius 1 is 1.42 bits per heavy atom. The second-order valence-corrected chi connectivity index (χ2v) is 6.05. The van der Waals surface area contributed by atoms with Gasteiger partial charge in [0, 0.05) is 17.6 Å². The molecule has 1 aliphatic rings. The van der Waals surface area contributed by atoms with Gasteiger partial charge < -0.3 is 15.3 Å². The lowest BCUT2D eigenvalue weighted by Gasteiger charge is -2.20. The van der Waals surface area contributed by atoms with Crippen molar-refractivity contribution in [3.63, 3.8) is 0 Å². The van der Waals surface area contributed by atoms with Crippen LogP contribution in [0.15, 0.2) is 16.6 Å². The van der Waals surface area contributed by atoms with Crippen LogP contribution in [-0.4, -0.2) is 42.3 Å². The highest BCUT2D eigenvalue weighted by molar-refractivity contribution is 9.10. The van der Waals surface area contributed by atoms with E-state index in [9.17, 15) is 9.50 Å². The summed E-state index contributed by atoms with van der Waals surface area (Å²) in [7, 11) is 0. The van der Waals surface area contributed by atoms with Gasteiger partial charge in [0.05, 0.1) is 16.8 Å². The van der Waals surface area contributed by atoms with Gasteiger partial charge in [0.2, 0.25) is 0 Å².